The van der Waals surface area contributed by atoms with E-state index in [9.17, 15) is 9.59 Å². The SMILES string of the molecule is CCN(CC)CCN(CC)C(=O)Nc1ccc[nH]c1=O. The van der Waals surface area contributed by atoms with Crippen LogP contribution in [0.4, 0.5) is 10.5 Å². The average molecular weight is 280 g/mol. The van der Waals surface area contributed by atoms with Gasteiger partial charge in [0.15, 0.2) is 0 Å². The Labute approximate surface area is 119 Å². The smallest absolute Gasteiger partial charge is 0.322 e. The van der Waals surface area contributed by atoms with Crippen LogP contribution in [0.2, 0.25) is 0 Å². The van der Waals surface area contributed by atoms with Crippen LogP contribution in [-0.4, -0.2) is 53.5 Å². The molecule has 1 heterocycles. The molecule has 0 radical (unpaired) electrons. The van der Waals surface area contributed by atoms with Crippen molar-refractivity contribution in [2.45, 2.75) is 20.8 Å². The van der Waals surface area contributed by atoms with Crippen molar-refractivity contribution in [2.24, 2.45) is 0 Å². The number of hydrogen-bond donors (Lipinski definition) is 2. The van der Waals surface area contributed by atoms with E-state index in [1.54, 1.807) is 17.0 Å². The lowest BCUT2D eigenvalue weighted by molar-refractivity contribution is 0.200. The molecule has 0 fully saturated rings. The van der Waals surface area contributed by atoms with E-state index >= 15 is 0 Å². The van der Waals surface area contributed by atoms with Crippen LogP contribution in [0.1, 0.15) is 20.8 Å². The maximum Gasteiger partial charge on any atom is 0.322 e. The van der Waals surface area contributed by atoms with Gasteiger partial charge in [0.2, 0.25) is 0 Å². The third kappa shape index (κ3) is 4.70. The first kappa shape index (κ1) is 16.2. The predicted molar refractivity (Wildman–Crippen MR) is 81.1 cm³/mol. The topological polar surface area (TPSA) is 68.4 Å². The Morgan fingerprint density at radius 1 is 1.20 bits per heavy atom. The van der Waals surface area contributed by atoms with Crippen LogP contribution in [0.3, 0.4) is 0 Å². The number of carbonyl (C=O) groups is 1. The van der Waals surface area contributed by atoms with Gasteiger partial charge >= 0.3 is 6.03 Å². The summed E-state index contributed by atoms with van der Waals surface area (Å²) < 4.78 is 0. The van der Waals surface area contributed by atoms with Crippen molar-refractivity contribution in [1.82, 2.24) is 14.8 Å². The van der Waals surface area contributed by atoms with Gasteiger partial charge in [0, 0.05) is 25.8 Å². The monoisotopic (exact) mass is 280 g/mol. The molecule has 1 aromatic rings. The number of urea groups is 1. The van der Waals surface area contributed by atoms with Crippen molar-refractivity contribution in [1.29, 1.82) is 0 Å². The van der Waals surface area contributed by atoms with Gasteiger partial charge in [-0.25, -0.2) is 4.79 Å². The summed E-state index contributed by atoms with van der Waals surface area (Å²) in [4.78, 5) is 30.1. The maximum absolute atomic E-state index is 12.1. The lowest BCUT2D eigenvalue weighted by atomic mass is 10.4. The molecular weight excluding hydrogens is 256 g/mol. The summed E-state index contributed by atoms with van der Waals surface area (Å²) in [5.41, 5.74) is -0.0144. The normalized spacial score (nSPS) is 10.6. The van der Waals surface area contributed by atoms with Gasteiger partial charge in [0.25, 0.3) is 5.56 Å². The summed E-state index contributed by atoms with van der Waals surface area (Å²) in [5, 5.41) is 2.65. The predicted octanol–water partition coefficient (Wildman–Crippen LogP) is 1.57. The van der Waals surface area contributed by atoms with Crippen molar-refractivity contribution in [2.75, 3.05) is 38.0 Å². The molecule has 1 rings (SSSR count). The lowest BCUT2D eigenvalue weighted by Gasteiger charge is -2.25. The van der Waals surface area contributed by atoms with Gasteiger partial charge in [-0.3, -0.25) is 4.79 Å². The minimum absolute atomic E-state index is 0.239. The van der Waals surface area contributed by atoms with Crippen LogP contribution in [0.5, 0.6) is 0 Å². The van der Waals surface area contributed by atoms with Crippen LogP contribution in [-0.2, 0) is 0 Å². The van der Waals surface area contributed by atoms with E-state index in [0.29, 0.717) is 13.1 Å². The maximum atomic E-state index is 12.1. The van der Waals surface area contributed by atoms with Crippen molar-refractivity contribution < 1.29 is 4.79 Å². The van der Waals surface area contributed by atoms with E-state index in [1.807, 2.05) is 6.92 Å². The van der Waals surface area contributed by atoms with Crippen LogP contribution in [0, 0.1) is 0 Å². The highest BCUT2D eigenvalue weighted by Gasteiger charge is 2.13. The number of aromatic nitrogens is 1. The van der Waals surface area contributed by atoms with E-state index in [1.165, 1.54) is 6.20 Å². The van der Waals surface area contributed by atoms with E-state index in [2.05, 4.69) is 29.0 Å². The van der Waals surface area contributed by atoms with Gasteiger partial charge in [0.1, 0.15) is 5.69 Å². The summed E-state index contributed by atoms with van der Waals surface area (Å²) in [5.74, 6) is 0. The summed E-state index contributed by atoms with van der Waals surface area (Å²) in [6.45, 7) is 10.2. The Morgan fingerprint density at radius 2 is 1.90 bits per heavy atom. The molecule has 0 spiro atoms. The summed E-state index contributed by atoms with van der Waals surface area (Å²) in [7, 11) is 0. The van der Waals surface area contributed by atoms with Gasteiger partial charge in [-0.15, -0.1) is 0 Å². The number of amides is 2. The highest BCUT2D eigenvalue weighted by atomic mass is 16.2. The molecule has 0 atom stereocenters. The van der Waals surface area contributed by atoms with E-state index in [4.69, 9.17) is 0 Å². The largest absolute Gasteiger partial charge is 0.327 e. The molecule has 2 N–H and O–H groups in total. The quantitative estimate of drug-likeness (QED) is 0.796. The molecule has 6 heteroatoms. The fourth-order valence-electron chi connectivity index (χ4n) is 1.92. The fraction of sp³-hybridized carbons (Fsp3) is 0.571. The minimum Gasteiger partial charge on any atom is -0.327 e. The fourth-order valence-corrected chi connectivity index (χ4v) is 1.92. The second-order valence-corrected chi connectivity index (χ2v) is 4.45. The molecule has 0 aliphatic rings. The number of nitrogens with zero attached hydrogens (tertiary/aromatic N) is 2. The molecule has 2 amide bonds. The van der Waals surface area contributed by atoms with Crippen LogP contribution in [0.25, 0.3) is 0 Å². The summed E-state index contributed by atoms with van der Waals surface area (Å²) in [6.07, 6.45) is 1.54. The number of likely N-dealkylation sites (N-methyl/N-ethyl adjacent to an activating group) is 2. The van der Waals surface area contributed by atoms with E-state index < -0.39 is 0 Å². The zero-order valence-corrected chi connectivity index (χ0v) is 12.5. The molecule has 20 heavy (non-hydrogen) atoms. The molecule has 0 saturated heterocycles. The second kappa shape index (κ2) is 8.37. The van der Waals surface area contributed by atoms with Gasteiger partial charge in [0.05, 0.1) is 0 Å². The Balaban J connectivity index is 2.59. The molecule has 1 aromatic heterocycles. The average Bonchev–Trinajstić information content (AvgIpc) is 2.46. The number of rotatable bonds is 7. The Bertz CT molecular complexity index is 468. The molecule has 112 valence electrons. The zero-order valence-electron chi connectivity index (χ0n) is 12.5. The van der Waals surface area contributed by atoms with Crippen molar-refractivity contribution >= 4 is 11.7 Å². The molecule has 0 aliphatic carbocycles. The Morgan fingerprint density at radius 3 is 2.45 bits per heavy atom. The van der Waals surface area contributed by atoms with Crippen molar-refractivity contribution in [3.8, 4) is 0 Å². The van der Waals surface area contributed by atoms with Gasteiger partial charge < -0.3 is 20.1 Å². The highest BCUT2D eigenvalue weighted by Crippen LogP contribution is 2.00. The van der Waals surface area contributed by atoms with E-state index in [0.717, 1.165) is 19.6 Å². The van der Waals surface area contributed by atoms with Crippen LogP contribution >= 0.6 is 0 Å². The summed E-state index contributed by atoms with van der Waals surface area (Å²) in [6, 6.07) is 3.04. The van der Waals surface area contributed by atoms with Crippen molar-refractivity contribution in [3.05, 3.63) is 28.7 Å². The Kier molecular flexibility index (Phi) is 6.79. The number of carbonyl (C=O) groups excluding carboxylic acids is 1. The number of aromatic amines is 1. The summed E-state index contributed by atoms with van der Waals surface area (Å²) >= 11 is 0. The van der Waals surface area contributed by atoms with Gasteiger partial charge in [-0.2, -0.15) is 0 Å². The first-order valence-corrected chi connectivity index (χ1v) is 7.08. The number of anilines is 1. The molecule has 0 bridgehead atoms. The molecule has 0 aliphatic heterocycles. The number of H-pyrrole nitrogens is 1. The molecule has 0 aromatic carbocycles. The third-order valence-corrected chi connectivity index (χ3v) is 3.31. The van der Waals surface area contributed by atoms with E-state index in [-0.39, 0.29) is 17.3 Å². The third-order valence-electron chi connectivity index (χ3n) is 3.31. The second-order valence-electron chi connectivity index (χ2n) is 4.45. The molecular formula is C14H24N4O2. The highest BCUT2D eigenvalue weighted by molar-refractivity contribution is 5.89. The lowest BCUT2D eigenvalue weighted by Crippen LogP contribution is -2.41. The minimum atomic E-state index is -0.291. The van der Waals surface area contributed by atoms with Gasteiger partial charge in [-0.1, -0.05) is 13.8 Å². The molecule has 6 nitrogen and oxygen atoms in total. The first-order chi connectivity index (χ1) is 9.62. The first-order valence-electron chi connectivity index (χ1n) is 7.08. The standard InChI is InChI=1S/C14H24N4O2/c1-4-17(5-2)10-11-18(6-3)14(20)16-12-8-7-9-15-13(12)19/h7-9H,4-6,10-11H2,1-3H3,(H,15,19)(H,16,20). The number of pyridine rings is 1. The van der Waals surface area contributed by atoms with Gasteiger partial charge in [-0.05, 0) is 32.1 Å². The molecule has 0 saturated carbocycles. The van der Waals surface area contributed by atoms with Crippen LogP contribution < -0.4 is 10.9 Å². The zero-order chi connectivity index (χ0) is 15.0. The van der Waals surface area contributed by atoms with Crippen LogP contribution in [0.15, 0.2) is 23.1 Å². The molecule has 0 unspecified atom stereocenters. The number of hydrogen-bond acceptors (Lipinski definition) is 3. The van der Waals surface area contributed by atoms with Crippen molar-refractivity contribution in [3.63, 3.8) is 0 Å². The Hall–Kier alpha value is -1.82. The number of nitrogens with one attached hydrogen (secondary N) is 2.